The molecule has 164 valence electrons. The van der Waals surface area contributed by atoms with Gasteiger partial charge in [0.05, 0.1) is 5.92 Å². The first-order valence-corrected chi connectivity index (χ1v) is 10.1. The number of rotatable bonds is 5. The third-order valence-electron chi connectivity index (χ3n) is 3.99. The largest absolute Gasteiger partial charge is 0.508 e. The van der Waals surface area contributed by atoms with Gasteiger partial charge in [0.1, 0.15) is 12.0 Å². The zero-order valence-electron chi connectivity index (χ0n) is 18.4. The van der Waals surface area contributed by atoms with Crippen LogP contribution < -0.4 is 5.73 Å². The van der Waals surface area contributed by atoms with Gasteiger partial charge in [-0.15, -0.1) is 13.2 Å². The van der Waals surface area contributed by atoms with Crippen LogP contribution in [0.15, 0.2) is 98.1 Å². The van der Waals surface area contributed by atoms with Gasteiger partial charge < -0.3 is 15.6 Å². The van der Waals surface area contributed by atoms with Crippen molar-refractivity contribution in [2.24, 2.45) is 5.73 Å². The maximum Gasteiger partial charge on any atom is 0.229 e. The lowest BCUT2D eigenvalue weighted by Crippen LogP contribution is -2.22. The van der Waals surface area contributed by atoms with Gasteiger partial charge in [-0.2, -0.15) is 0 Å². The Morgan fingerprint density at radius 3 is 1.58 bits per heavy atom. The summed E-state index contributed by atoms with van der Waals surface area (Å²) in [5, 5.41) is 8.76. The summed E-state index contributed by atoms with van der Waals surface area (Å²) >= 11 is 0. The number of primary amides is 1. The van der Waals surface area contributed by atoms with Crippen LogP contribution in [0.1, 0.15) is 42.4 Å². The Kier molecular flexibility index (Phi) is 15.2. The van der Waals surface area contributed by atoms with Crippen LogP contribution >= 0.6 is 0 Å². The van der Waals surface area contributed by atoms with E-state index in [0.717, 1.165) is 23.8 Å². The molecule has 0 heterocycles. The normalized spacial score (nSPS) is 9.00. The predicted molar refractivity (Wildman–Crippen MR) is 129 cm³/mol. The van der Waals surface area contributed by atoms with E-state index < -0.39 is 0 Å². The van der Waals surface area contributed by atoms with Crippen LogP contribution in [0.5, 0.6) is 5.75 Å². The van der Waals surface area contributed by atoms with Crippen molar-refractivity contribution in [1.82, 2.24) is 0 Å². The van der Waals surface area contributed by atoms with E-state index in [9.17, 15) is 9.59 Å². The highest BCUT2D eigenvalue weighted by atomic mass is 16.3. The number of carbonyl (C=O) groups excluding carboxylic acids is 2. The summed E-state index contributed by atoms with van der Waals surface area (Å²) in [6.07, 6.45) is 2.61. The van der Waals surface area contributed by atoms with Crippen molar-refractivity contribution in [2.75, 3.05) is 0 Å². The highest BCUT2D eigenvalue weighted by Crippen LogP contribution is 2.23. The van der Waals surface area contributed by atoms with Crippen molar-refractivity contribution in [3.63, 3.8) is 0 Å². The lowest BCUT2D eigenvalue weighted by atomic mass is 9.91. The van der Waals surface area contributed by atoms with E-state index >= 15 is 0 Å². The van der Waals surface area contributed by atoms with Gasteiger partial charge in [0.15, 0.2) is 0 Å². The van der Waals surface area contributed by atoms with Crippen molar-refractivity contribution in [3.8, 4) is 5.75 Å². The van der Waals surface area contributed by atoms with E-state index in [4.69, 9.17) is 10.8 Å². The number of hydrogen-bond donors (Lipinski definition) is 2. The Morgan fingerprint density at radius 2 is 1.32 bits per heavy atom. The molecule has 0 spiro atoms. The molecule has 4 heteroatoms. The SMILES string of the molecule is C=C.CCCC=O.Cc1ccc(O)cc1.NC(=O)C(c1ccccc1)c1ccccc1. The first-order valence-electron chi connectivity index (χ1n) is 10.1. The molecule has 3 rings (SSSR count). The topological polar surface area (TPSA) is 80.4 Å². The fourth-order valence-electron chi connectivity index (χ4n) is 2.47. The zero-order valence-corrected chi connectivity index (χ0v) is 18.4. The molecule has 4 nitrogen and oxygen atoms in total. The van der Waals surface area contributed by atoms with Gasteiger partial charge in [-0.05, 0) is 36.6 Å². The summed E-state index contributed by atoms with van der Waals surface area (Å²) in [5.74, 6) is -0.351. The maximum atomic E-state index is 11.5. The Labute approximate surface area is 186 Å². The smallest absolute Gasteiger partial charge is 0.229 e. The number of aromatic hydroxyl groups is 1. The van der Waals surface area contributed by atoms with Crippen LogP contribution in [0.4, 0.5) is 0 Å². The van der Waals surface area contributed by atoms with E-state index in [2.05, 4.69) is 13.2 Å². The second kappa shape index (κ2) is 17.2. The molecular formula is C27H33NO3. The molecule has 0 saturated carbocycles. The van der Waals surface area contributed by atoms with Gasteiger partial charge in [-0.1, -0.05) is 85.3 Å². The van der Waals surface area contributed by atoms with Crippen LogP contribution in [-0.4, -0.2) is 17.3 Å². The number of phenols is 1. The second-order valence-electron chi connectivity index (χ2n) is 6.45. The Morgan fingerprint density at radius 1 is 0.903 bits per heavy atom. The van der Waals surface area contributed by atoms with Gasteiger partial charge in [0.2, 0.25) is 5.91 Å². The summed E-state index contributed by atoms with van der Waals surface area (Å²) in [7, 11) is 0. The molecule has 3 aromatic carbocycles. The predicted octanol–water partition coefficient (Wildman–Crippen LogP) is 5.79. The number of aldehydes is 1. The standard InChI is InChI=1S/C14H13NO.C7H8O.C4H8O.C2H4/c15-14(16)13(11-7-3-1-4-8-11)12-9-5-2-6-10-12;1-6-2-4-7(8)5-3-6;1-2-3-4-5;1-2/h1-10,13H,(H2,15,16);2-5,8H,1H3;4H,2-3H2,1H3;1-2H2. The highest BCUT2D eigenvalue weighted by molar-refractivity contribution is 5.85. The lowest BCUT2D eigenvalue weighted by Gasteiger charge is -2.13. The van der Waals surface area contributed by atoms with Crippen molar-refractivity contribution < 1.29 is 14.7 Å². The monoisotopic (exact) mass is 419 g/mol. The van der Waals surface area contributed by atoms with Crippen LogP contribution in [0.2, 0.25) is 0 Å². The fraction of sp³-hybridized carbons (Fsp3) is 0.185. The maximum absolute atomic E-state index is 11.5. The third kappa shape index (κ3) is 11.8. The van der Waals surface area contributed by atoms with E-state index in [0.29, 0.717) is 12.2 Å². The first-order chi connectivity index (χ1) is 15.0. The molecule has 0 aliphatic heterocycles. The molecule has 1 amide bonds. The van der Waals surface area contributed by atoms with Crippen LogP contribution in [0, 0.1) is 6.92 Å². The van der Waals surface area contributed by atoms with Crippen LogP contribution in [0.3, 0.4) is 0 Å². The molecule has 0 bridgehead atoms. The molecule has 3 aromatic rings. The van der Waals surface area contributed by atoms with E-state index in [1.165, 1.54) is 5.56 Å². The number of unbranched alkanes of at least 4 members (excludes halogenated alkanes) is 1. The minimum absolute atomic E-state index is 0.322. The van der Waals surface area contributed by atoms with Crippen molar-refractivity contribution in [1.29, 1.82) is 0 Å². The Balaban J connectivity index is 0.000000501. The fourth-order valence-corrected chi connectivity index (χ4v) is 2.47. The number of amides is 1. The minimum atomic E-state index is -0.359. The summed E-state index contributed by atoms with van der Waals surface area (Å²) in [5.41, 5.74) is 8.49. The Bertz CT molecular complexity index is 786. The first kappa shape index (κ1) is 27.3. The van der Waals surface area contributed by atoms with Crippen molar-refractivity contribution in [3.05, 3.63) is 115 Å². The molecule has 0 aromatic heterocycles. The van der Waals surface area contributed by atoms with Gasteiger partial charge in [0, 0.05) is 6.42 Å². The average molecular weight is 420 g/mol. The van der Waals surface area contributed by atoms with Crippen molar-refractivity contribution >= 4 is 12.2 Å². The molecule has 0 aliphatic rings. The van der Waals surface area contributed by atoms with Gasteiger partial charge >= 0.3 is 0 Å². The number of phenolic OH excluding ortho intramolecular Hbond substituents is 1. The van der Waals surface area contributed by atoms with Crippen LogP contribution in [-0.2, 0) is 9.59 Å². The minimum Gasteiger partial charge on any atom is -0.508 e. The number of aryl methyl sites for hydroxylation is 1. The van der Waals surface area contributed by atoms with Gasteiger partial charge in [-0.3, -0.25) is 4.79 Å². The number of hydrogen-bond acceptors (Lipinski definition) is 3. The molecule has 0 aliphatic carbocycles. The van der Waals surface area contributed by atoms with Crippen LogP contribution in [0.25, 0.3) is 0 Å². The van der Waals surface area contributed by atoms with Crippen molar-refractivity contribution in [2.45, 2.75) is 32.6 Å². The molecule has 0 atom stereocenters. The number of carbonyl (C=O) groups is 2. The molecule has 0 radical (unpaired) electrons. The third-order valence-corrected chi connectivity index (χ3v) is 3.99. The molecule has 0 fully saturated rings. The summed E-state index contributed by atoms with van der Waals surface area (Å²) in [6.45, 7) is 9.97. The molecule has 31 heavy (non-hydrogen) atoms. The Hall–Kier alpha value is -3.66. The molecule has 0 unspecified atom stereocenters. The lowest BCUT2D eigenvalue weighted by molar-refractivity contribution is -0.118. The summed E-state index contributed by atoms with van der Waals surface area (Å²) < 4.78 is 0. The van der Waals surface area contributed by atoms with E-state index in [1.807, 2.05) is 86.6 Å². The average Bonchev–Trinajstić information content (AvgIpc) is 2.80. The van der Waals surface area contributed by atoms with Gasteiger partial charge in [0.25, 0.3) is 0 Å². The number of benzene rings is 3. The summed E-state index contributed by atoms with van der Waals surface area (Å²) in [4.78, 5) is 20.9. The molecule has 3 N–H and O–H groups in total. The number of nitrogens with two attached hydrogens (primary N) is 1. The zero-order chi connectivity index (χ0) is 23.5. The van der Waals surface area contributed by atoms with E-state index in [-0.39, 0.29) is 11.8 Å². The second-order valence-corrected chi connectivity index (χ2v) is 6.45. The molecular weight excluding hydrogens is 386 g/mol. The molecule has 0 saturated heterocycles. The summed E-state index contributed by atoms with van der Waals surface area (Å²) in [6, 6.07) is 26.3. The van der Waals surface area contributed by atoms with Gasteiger partial charge in [-0.25, -0.2) is 0 Å². The highest BCUT2D eigenvalue weighted by Gasteiger charge is 2.19. The quantitative estimate of drug-likeness (QED) is 0.405. The van der Waals surface area contributed by atoms with E-state index in [1.54, 1.807) is 12.1 Å².